The second-order valence-corrected chi connectivity index (χ2v) is 3.44. The molecule has 0 atom stereocenters. The topological polar surface area (TPSA) is 89.3 Å². The Balaban J connectivity index is 0.00000196. The average molecular weight is 295 g/mol. The number of esters is 1. The Morgan fingerprint density at radius 3 is 2.93 bits per heavy atom. The number of methoxy groups -OCH3 is 1. The van der Waals surface area contributed by atoms with Gasteiger partial charge in [-0.05, 0) is 6.07 Å². The number of nitrogens with two attached hydrogens (primary N) is 1. The number of carbonyl (C=O) groups excluding carboxylic acids is 1. The zero-order valence-corrected chi connectivity index (χ0v) is 10.5. The van der Waals surface area contributed by atoms with E-state index in [1.54, 1.807) is 6.07 Å². The van der Waals surface area contributed by atoms with Crippen molar-refractivity contribution in [3.05, 3.63) is 23.7 Å². The minimum absolute atomic E-state index is 0. The highest BCUT2D eigenvalue weighted by Crippen LogP contribution is 2.18. The second-order valence-electron chi connectivity index (χ2n) is 2.42. The molecule has 0 radical (unpaired) electrons. The Hall–Kier alpha value is -0.950. The summed E-state index contributed by atoms with van der Waals surface area (Å²) in [5.74, 6) is 0.0754. The second kappa shape index (κ2) is 6.52. The van der Waals surface area contributed by atoms with Crippen molar-refractivity contribution in [1.29, 1.82) is 5.41 Å². The van der Waals surface area contributed by atoms with Crippen LogP contribution in [0.25, 0.3) is 0 Å². The predicted molar refractivity (Wildman–Crippen MR) is 63.6 cm³/mol. The monoisotopic (exact) mass is 294 g/mol. The van der Waals surface area contributed by atoms with Gasteiger partial charge in [-0.25, -0.2) is 4.79 Å². The van der Waals surface area contributed by atoms with Crippen LogP contribution >= 0.6 is 28.7 Å². The lowest BCUT2D eigenvalue weighted by Gasteiger charge is -1.99. The maximum Gasteiger partial charge on any atom is 0.374 e. The standard InChI is InChI=1S/C8H10N2O3S.BrH/c1-12-7(11)6-5(2-3-13-6)4-14-8(9)10;/h2-3H,4H2,1H3,(H3,9,10);1H. The van der Waals surface area contributed by atoms with Crippen LogP contribution in [0.1, 0.15) is 16.1 Å². The first kappa shape index (κ1) is 14.1. The fraction of sp³-hybridized carbons (Fsp3) is 0.250. The van der Waals surface area contributed by atoms with Crippen molar-refractivity contribution in [3.63, 3.8) is 0 Å². The van der Waals surface area contributed by atoms with Gasteiger partial charge >= 0.3 is 5.97 Å². The zero-order valence-electron chi connectivity index (χ0n) is 7.98. The molecule has 0 fully saturated rings. The Bertz CT molecular complexity index is 353. The molecule has 0 saturated carbocycles. The van der Waals surface area contributed by atoms with E-state index >= 15 is 0 Å². The normalized spacial score (nSPS) is 9.13. The van der Waals surface area contributed by atoms with Crippen molar-refractivity contribution in [1.82, 2.24) is 0 Å². The summed E-state index contributed by atoms with van der Waals surface area (Å²) >= 11 is 1.12. The lowest BCUT2D eigenvalue weighted by molar-refractivity contribution is 0.0564. The van der Waals surface area contributed by atoms with E-state index in [2.05, 4.69) is 4.74 Å². The van der Waals surface area contributed by atoms with Crippen molar-refractivity contribution in [2.75, 3.05) is 7.11 Å². The van der Waals surface area contributed by atoms with Crippen molar-refractivity contribution in [2.45, 2.75) is 5.75 Å². The number of furan rings is 1. The number of thioether (sulfide) groups is 1. The van der Waals surface area contributed by atoms with E-state index in [1.165, 1.54) is 13.4 Å². The minimum atomic E-state index is -0.519. The summed E-state index contributed by atoms with van der Waals surface area (Å²) in [5.41, 5.74) is 5.85. The SMILES string of the molecule is Br.COC(=O)c1occc1CSC(=N)N. The van der Waals surface area contributed by atoms with E-state index in [4.69, 9.17) is 15.6 Å². The van der Waals surface area contributed by atoms with Crippen LogP contribution in [0.3, 0.4) is 0 Å². The molecule has 1 aromatic heterocycles. The van der Waals surface area contributed by atoms with Gasteiger partial charge in [0.1, 0.15) is 0 Å². The molecular weight excluding hydrogens is 284 g/mol. The first-order valence-electron chi connectivity index (χ1n) is 3.76. The van der Waals surface area contributed by atoms with Gasteiger partial charge in [0.15, 0.2) is 5.17 Å². The van der Waals surface area contributed by atoms with E-state index < -0.39 is 5.97 Å². The fourth-order valence-corrected chi connectivity index (χ4v) is 1.41. The third-order valence-corrected chi connectivity index (χ3v) is 2.27. The quantitative estimate of drug-likeness (QED) is 0.504. The molecule has 0 aromatic carbocycles. The van der Waals surface area contributed by atoms with Crippen LogP contribution in [0.4, 0.5) is 0 Å². The Kier molecular flexibility index (Phi) is 6.11. The van der Waals surface area contributed by atoms with Crippen molar-refractivity contribution in [2.24, 2.45) is 5.73 Å². The summed E-state index contributed by atoms with van der Waals surface area (Å²) < 4.78 is 9.47. The Labute approximate surface area is 102 Å². The highest BCUT2D eigenvalue weighted by molar-refractivity contribution is 8.93. The molecule has 0 amide bonds. The van der Waals surface area contributed by atoms with Crippen molar-refractivity contribution in [3.8, 4) is 0 Å². The average Bonchev–Trinajstić information content (AvgIpc) is 2.61. The molecule has 1 aromatic rings. The molecular formula is C8H11BrN2O3S. The smallest absolute Gasteiger partial charge is 0.374 e. The molecule has 1 rings (SSSR count). The lowest BCUT2D eigenvalue weighted by atomic mass is 10.3. The molecule has 0 bridgehead atoms. The number of hydrogen-bond acceptors (Lipinski definition) is 5. The minimum Gasteiger partial charge on any atom is -0.463 e. The number of nitrogens with one attached hydrogen (secondary N) is 1. The van der Waals surface area contributed by atoms with Gasteiger partial charge < -0.3 is 14.9 Å². The summed E-state index contributed by atoms with van der Waals surface area (Å²) in [4.78, 5) is 11.1. The molecule has 3 N–H and O–H groups in total. The molecule has 0 spiro atoms. The molecule has 0 saturated heterocycles. The van der Waals surface area contributed by atoms with Crippen LogP contribution in [0.5, 0.6) is 0 Å². The Morgan fingerprint density at radius 1 is 1.73 bits per heavy atom. The summed E-state index contributed by atoms with van der Waals surface area (Å²) in [6, 6.07) is 1.65. The molecule has 0 aliphatic carbocycles. The first-order valence-corrected chi connectivity index (χ1v) is 4.75. The van der Waals surface area contributed by atoms with E-state index in [0.29, 0.717) is 11.3 Å². The van der Waals surface area contributed by atoms with Gasteiger partial charge in [-0.15, -0.1) is 17.0 Å². The molecule has 1 heterocycles. The van der Waals surface area contributed by atoms with E-state index in [0.717, 1.165) is 11.8 Å². The van der Waals surface area contributed by atoms with E-state index in [1.807, 2.05) is 0 Å². The van der Waals surface area contributed by atoms with Gasteiger partial charge in [-0.2, -0.15) is 0 Å². The van der Waals surface area contributed by atoms with Crippen LogP contribution in [0.2, 0.25) is 0 Å². The van der Waals surface area contributed by atoms with Gasteiger partial charge in [-0.1, -0.05) is 11.8 Å². The summed E-state index contributed by atoms with van der Waals surface area (Å²) in [7, 11) is 1.28. The van der Waals surface area contributed by atoms with Crippen LogP contribution in [-0.2, 0) is 10.5 Å². The van der Waals surface area contributed by atoms with Crippen molar-refractivity contribution >= 4 is 39.9 Å². The van der Waals surface area contributed by atoms with Crippen LogP contribution in [-0.4, -0.2) is 18.2 Å². The van der Waals surface area contributed by atoms with Gasteiger partial charge in [0.05, 0.1) is 13.4 Å². The van der Waals surface area contributed by atoms with Gasteiger partial charge in [0.2, 0.25) is 5.76 Å². The number of rotatable bonds is 3. The largest absolute Gasteiger partial charge is 0.463 e. The first-order chi connectivity index (χ1) is 6.65. The molecule has 0 aliphatic heterocycles. The maximum absolute atomic E-state index is 11.1. The molecule has 84 valence electrons. The summed E-state index contributed by atoms with van der Waals surface area (Å²) in [5, 5.41) is 7.02. The number of ether oxygens (including phenoxy) is 1. The third kappa shape index (κ3) is 3.96. The van der Waals surface area contributed by atoms with Gasteiger partial charge in [-0.3, -0.25) is 5.41 Å². The molecule has 0 aliphatic rings. The fourth-order valence-electron chi connectivity index (χ4n) is 0.877. The highest BCUT2D eigenvalue weighted by atomic mass is 79.9. The van der Waals surface area contributed by atoms with Gasteiger partial charge in [0.25, 0.3) is 0 Å². The molecule has 0 unspecified atom stereocenters. The number of amidine groups is 1. The molecule has 15 heavy (non-hydrogen) atoms. The molecule has 7 heteroatoms. The highest BCUT2D eigenvalue weighted by Gasteiger charge is 2.15. The predicted octanol–water partition coefficient (Wildman–Crippen LogP) is 1.77. The van der Waals surface area contributed by atoms with Crippen molar-refractivity contribution < 1.29 is 13.9 Å². The third-order valence-electron chi connectivity index (χ3n) is 1.50. The maximum atomic E-state index is 11.1. The van der Waals surface area contributed by atoms with Crippen LogP contribution in [0, 0.1) is 5.41 Å². The number of carbonyl (C=O) groups is 1. The Morgan fingerprint density at radius 2 is 2.40 bits per heavy atom. The van der Waals surface area contributed by atoms with Crippen LogP contribution < -0.4 is 5.73 Å². The van der Waals surface area contributed by atoms with E-state index in [9.17, 15) is 4.79 Å². The lowest BCUT2D eigenvalue weighted by Crippen LogP contribution is -2.06. The van der Waals surface area contributed by atoms with Crippen LogP contribution in [0.15, 0.2) is 16.7 Å². The summed E-state index contributed by atoms with van der Waals surface area (Å²) in [6.45, 7) is 0. The summed E-state index contributed by atoms with van der Waals surface area (Å²) in [6.07, 6.45) is 1.41. The van der Waals surface area contributed by atoms with E-state index in [-0.39, 0.29) is 27.9 Å². The van der Waals surface area contributed by atoms with Gasteiger partial charge in [0, 0.05) is 11.3 Å². The molecule has 5 nitrogen and oxygen atoms in total. The number of hydrogen-bond donors (Lipinski definition) is 2. The zero-order chi connectivity index (χ0) is 10.6. The number of halogens is 1.